The second-order valence-electron chi connectivity index (χ2n) is 7.60. The number of hydrogen-bond acceptors (Lipinski definition) is 6. The molecular formula is C16H22O4S2. The van der Waals surface area contributed by atoms with Crippen LogP contribution in [0.1, 0.15) is 53.4 Å². The average Bonchev–Trinajstić information content (AvgIpc) is 2.27. The van der Waals surface area contributed by atoms with Crippen molar-refractivity contribution >= 4 is 33.2 Å². The first-order chi connectivity index (χ1) is 10.0. The molecule has 2 N–H and O–H groups in total. The van der Waals surface area contributed by atoms with E-state index in [0.29, 0.717) is 35.5 Å². The average molecular weight is 342 g/mol. The van der Waals surface area contributed by atoms with Crippen LogP contribution in [0.15, 0.2) is 21.3 Å². The largest absolute Gasteiger partial charge is 0.511 e. The van der Waals surface area contributed by atoms with Gasteiger partial charge in [-0.25, -0.2) is 0 Å². The van der Waals surface area contributed by atoms with Crippen molar-refractivity contribution in [3.8, 4) is 0 Å². The van der Waals surface area contributed by atoms with E-state index in [0.717, 1.165) is 21.6 Å². The summed E-state index contributed by atoms with van der Waals surface area (Å²) >= 11 is 0. The number of hydrogen-bond donors (Lipinski definition) is 2. The maximum absolute atomic E-state index is 12.1. The van der Waals surface area contributed by atoms with Crippen LogP contribution in [0.25, 0.3) is 0 Å². The van der Waals surface area contributed by atoms with Crippen LogP contribution >= 0.6 is 21.6 Å². The maximum Gasteiger partial charge on any atom is 0.174 e. The van der Waals surface area contributed by atoms with Gasteiger partial charge in [-0.15, -0.1) is 0 Å². The third-order valence-corrected chi connectivity index (χ3v) is 6.40. The summed E-state index contributed by atoms with van der Waals surface area (Å²) < 4.78 is 0. The van der Waals surface area contributed by atoms with Crippen LogP contribution in [0.2, 0.25) is 0 Å². The summed E-state index contributed by atoms with van der Waals surface area (Å²) in [5.74, 6) is -0.0327. The minimum absolute atomic E-state index is 0.0856. The van der Waals surface area contributed by atoms with E-state index in [9.17, 15) is 19.8 Å². The molecule has 0 amide bonds. The lowest BCUT2D eigenvalue weighted by Gasteiger charge is -2.30. The van der Waals surface area contributed by atoms with Gasteiger partial charge in [0.1, 0.15) is 11.5 Å². The first kappa shape index (κ1) is 17.5. The second-order valence-corrected chi connectivity index (χ2v) is 9.75. The van der Waals surface area contributed by atoms with Crippen LogP contribution in [0, 0.1) is 10.8 Å². The Morgan fingerprint density at radius 3 is 1.32 bits per heavy atom. The normalized spacial score (nSPS) is 24.9. The van der Waals surface area contributed by atoms with Gasteiger partial charge in [0, 0.05) is 25.7 Å². The molecule has 0 spiro atoms. The Morgan fingerprint density at radius 2 is 1.05 bits per heavy atom. The van der Waals surface area contributed by atoms with Gasteiger partial charge in [-0.2, -0.15) is 0 Å². The van der Waals surface area contributed by atoms with Crippen LogP contribution < -0.4 is 0 Å². The number of carbonyl (C=O) groups is 2. The molecule has 0 heterocycles. The van der Waals surface area contributed by atoms with Crippen molar-refractivity contribution in [1.82, 2.24) is 0 Å². The molecule has 0 saturated heterocycles. The fourth-order valence-corrected chi connectivity index (χ4v) is 5.28. The molecule has 0 saturated carbocycles. The lowest BCUT2D eigenvalue weighted by atomic mass is 9.79. The monoisotopic (exact) mass is 342 g/mol. The molecule has 4 nitrogen and oxygen atoms in total. The summed E-state index contributed by atoms with van der Waals surface area (Å²) in [5.41, 5.74) is -0.468. The van der Waals surface area contributed by atoms with Crippen molar-refractivity contribution in [2.45, 2.75) is 53.4 Å². The van der Waals surface area contributed by atoms with Gasteiger partial charge in [0.2, 0.25) is 0 Å². The van der Waals surface area contributed by atoms with Gasteiger partial charge in [0.15, 0.2) is 11.6 Å². The maximum atomic E-state index is 12.1. The Balaban J connectivity index is 2.13. The lowest BCUT2D eigenvalue weighted by Crippen LogP contribution is -2.25. The fraction of sp³-hybridized carbons (Fsp3) is 0.625. The minimum atomic E-state index is -0.234. The number of carbonyl (C=O) groups excluding carboxylic acids is 2. The lowest BCUT2D eigenvalue weighted by molar-refractivity contribution is -0.118. The molecule has 0 aromatic heterocycles. The highest BCUT2D eigenvalue weighted by Crippen LogP contribution is 2.48. The smallest absolute Gasteiger partial charge is 0.174 e. The highest BCUT2D eigenvalue weighted by atomic mass is 33.1. The summed E-state index contributed by atoms with van der Waals surface area (Å²) in [6, 6.07) is 0. The first-order valence-corrected chi connectivity index (χ1v) is 9.41. The molecular weight excluding hydrogens is 320 g/mol. The van der Waals surface area contributed by atoms with Crippen LogP contribution in [0.4, 0.5) is 0 Å². The molecule has 2 aliphatic carbocycles. The zero-order chi connectivity index (χ0) is 16.7. The van der Waals surface area contributed by atoms with Crippen LogP contribution in [-0.4, -0.2) is 21.8 Å². The molecule has 0 atom stereocenters. The van der Waals surface area contributed by atoms with E-state index in [1.54, 1.807) is 0 Å². The minimum Gasteiger partial charge on any atom is -0.511 e. The zero-order valence-electron chi connectivity index (χ0n) is 13.4. The van der Waals surface area contributed by atoms with E-state index in [4.69, 9.17) is 0 Å². The molecule has 122 valence electrons. The summed E-state index contributed by atoms with van der Waals surface area (Å²) in [6.07, 6.45) is 1.67. The number of aliphatic hydroxyl groups excluding tert-OH is 2. The molecule has 22 heavy (non-hydrogen) atoms. The third-order valence-electron chi connectivity index (χ3n) is 3.81. The van der Waals surface area contributed by atoms with Gasteiger partial charge in [-0.05, 0) is 32.4 Å². The predicted molar refractivity (Wildman–Crippen MR) is 90.5 cm³/mol. The highest BCUT2D eigenvalue weighted by Gasteiger charge is 2.36. The van der Waals surface area contributed by atoms with Gasteiger partial charge in [0.05, 0.1) is 9.81 Å². The molecule has 0 bridgehead atoms. The Morgan fingerprint density at radius 1 is 0.727 bits per heavy atom. The Bertz CT molecular complexity index is 533. The standard InChI is InChI=1S/C16H22O4S2/c1-15(2)5-9(17)13(10(18)6-15)21-22-14-11(19)7-16(3,4)8-12(14)20/h17,19H,5-8H2,1-4H3. The fourth-order valence-electron chi connectivity index (χ4n) is 2.82. The quantitative estimate of drug-likeness (QED) is 0.725. The van der Waals surface area contributed by atoms with Crippen LogP contribution in [0.5, 0.6) is 0 Å². The van der Waals surface area contributed by atoms with E-state index in [1.807, 2.05) is 27.7 Å². The number of allylic oxidation sites excluding steroid dienone is 4. The van der Waals surface area contributed by atoms with Gasteiger partial charge in [0.25, 0.3) is 0 Å². The molecule has 0 fully saturated rings. The Kier molecular flexibility index (Phi) is 4.74. The first-order valence-electron chi connectivity index (χ1n) is 7.26. The highest BCUT2D eigenvalue weighted by molar-refractivity contribution is 8.80. The summed E-state index contributed by atoms with van der Waals surface area (Å²) in [6.45, 7) is 7.77. The van der Waals surface area contributed by atoms with Crippen molar-refractivity contribution in [2.24, 2.45) is 10.8 Å². The molecule has 6 heteroatoms. The molecule has 2 rings (SSSR count). The molecule has 0 aliphatic heterocycles. The van der Waals surface area contributed by atoms with Gasteiger partial charge in [-0.1, -0.05) is 27.7 Å². The van der Waals surface area contributed by atoms with Gasteiger partial charge >= 0.3 is 0 Å². The number of aliphatic hydroxyl groups is 2. The summed E-state index contributed by atoms with van der Waals surface area (Å²) in [5, 5.41) is 20.2. The van der Waals surface area contributed by atoms with E-state index < -0.39 is 0 Å². The van der Waals surface area contributed by atoms with E-state index in [1.165, 1.54) is 0 Å². The van der Waals surface area contributed by atoms with Crippen LogP contribution in [-0.2, 0) is 9.59 Å². The Labute approximate surface area is 138 Å². The van der Waals surface area contributed by atoms with E-state index in [2.05, 4.69) is 0 Å². The Hall–Kier alpha value is -0.880. The SMILES string of the molecule is CC1(C)CC(=O)C(SSC2=C(O)CC(C)(C)CC2=O)=C(O)C1. The predicted octanol–water partition coefficient (Wildman–Crippen LogP) is 4.69. The number of Topliss-reactive ketones (excluding diaryl/α,β-unsaturated/α-hetero) is 2. The molecule has 0 unspecified atom stereocenters. The van der Waals surface area contributed by atoms with Crippen molar-refractivity contribution < 1.29 is 19.8 Å². The van der Waals surface area contributed by atoms with E-state index >= 15 is 0 Å². The molecule has 0 aromatic rings. The molecule has 0 radical (unpaired) electrons. The topological polar surface area (TPSA) is 74.6 Å². The van der Waals surface area contributed by atoms with Crippen molar-refractivity contribution in [2.75, 3.05) is 0 Å². The zero-order valence-corrected chi connectivity index (χ0v) is 15.0. The van der Waals surface area contributed by atoms with Crippen molar-refractivity contribution in [3.63, 3.8) is 0 Å². The summed E-state index contributed by atoms with van der Waals surface area (Å²) in [7, 11) is 2.17. The third kappa shape index (κ3) is 3.90. The molecule has 0 aromatic carbocycles. The van der Waals surface area contributed by atoms with Crippen molar-refractivity contribution in [3.05, 3.63) is 21.3 Å². The number of rotatable bonds is 3. The van der Waals surface area contributed by atoms with Gasteiger partial charge < -0.3 is 10.2 Å². The van der Waals surface area contributed by atoms with Gasteiger partial charge in [-0.3, -0.25) is 9.59 Å². The van der Waals surface area contributed by atoms with Crippen LogP contribution in [0.3, 0.4) is 0 Å². The van der Waals surface area contributed by atoms with Crippen molar-refractivity contribution in [1.29, 1.82) is 0 Å². The second kappa shape index (κ2) is 5.96. The number of ketones is 2. The summed E-state index contributed by atoms with van der Waals surface area (Å²) in [4.78, 5) is 24.9. The van der Waals surface area contributed by atoms with E-state index in [-0.39, 0.29) is 33.9 Å². The molecule has 2 aliphatic rings.